The maximum atomic E-state index is 12.7. The summed E-state index contributed by atoms with van der Waals surface area (Å²) in [6.45, 7) is 3.75. The van der Waals surface area contributed by atoms with E-state index in [0.717, 1.165) is 47.0 Å². The maximum absolute atomic E-state index is 12.7. The Morgan fingerprint density at radius 3 is 3.00 bits per heavy atom. The van der Waals surface area contributed by atoms with Crippen LogP contribution < -0.4 is 5.32 Å². The molecule has 24 heavy (non-hydrogen) atoms. The third-order valence-corrected chi connectivity index (χ3v) is 5.48. The molecule has 0 aromatic carbocycles. The molecule has 6 heteroatoms. The van der Waals surface area contributed by atoms with E-state index in [1.165, 1.54) is 11.3 Å². The molecule has 1 aliphatic carbocycles. The normalized spacial score (nSPS) is 16.8. The molecule has 0 aliphatic heterocycles. The summed E-state index contributed by atoms with van der Waals surface area (Å²) in [6.07, 6.45) is 4.59. The molecule has 124 valence electrons. The van der Waals surface area contributed by atoms with Crippen LogP contribution in [-0.4, -0.2) is 10.9 Å². The number of fused-ring (bicyclic) bond motifs is 1. The number of thiazole rings is 1. The molecule has 3 aromatic heterocycles. The molecular weight excluding hydrogens is 324 g/mol. The first-order valence-electron chi connectivity index (χ1n) is 8.03. The van der Waals surface area contributed by atoms with Crippen LogP contribution in [0.2, 0.25) is 0 Å². The van der Waals surface area contributed by atoms with Gasteiger partial charge in [0.1, 0.15) is 16.4 Å². The second kappa shape index (κ2) is 5.94. The summed E-state index contributed by atoms with van der Waals surface area (Å²) >= 11 is 1.37. The van der Waals surface area contributed by atoms with Gasteiger partial charge in [-0.05, 0) is 44.9 Å². The molecule has 1 N–H and O–H groups in total. The highest BCUT2D eigenvalue weighted by Gasteiger charge is 2.26. The van der Waals surface area contributed by atoms with E-state index < -0.39 is 0 Å². The van der Waals surface area contributed by atoms with E-state index in [-0.39, 0.29) is 11.9 Å². The molecule has 1 unspecified atom stereocenters. The number of aromatic nitrogens is 1. The van der Waals surface area contributed by atoms with Crippen LogP contribution in [-0.2, 0) is 6.42 Å². The topological polar surface area (TPSA) is 68.3 Å². The summed E-state index contributed by atoms with van der Waals surface area (Å²) in [4.78, 5) is 17.8. The Morgan fingerprint density at radius 1 is 1.33 bits per heavy atom. The van der Waals surface area contributed by atoms with E-state index in [1.807, 2.05) is 32.0 Å². The zero-order chi connectivity index (χ0) is 16.7. The van der Waals surface area contributed by atoms with Crippen LogP contribution in [0.5, 0.6) is 0 Å². The van der Waals surface area contributed by atoms with Crippen molar-refractivity contribution >= 4 is 17.2 Å². The van der Waals surface area contributed by atoms with Crippen LogP contribution in [0.25, 0.3) is 10.8 Å². The summed E-state index contributed by atoms with van der Waals surface area (Å²) in [7, 11) is 0. The molecule has 3 aromatic rings. The quantitative estimate of drug-likeness (QED) is 0.765. The third kappa shape index (κ3) is 2.67. The van der Waals surface area contributed by atoms with Gasteiger partial charge in [0.2, 0.25) is 0 Å². The fraction of sp³-hybridized carbons (Fsp3) is 0.333. The lowest BCUT2D eigenvalue weighted by Gasteiger charge is -2.22. The number of furan rings is 2. The first kappa shape index (κ1) is 15.2. The lowest BCUT2D eigenvalue weighted by atomic mass is 9.93. The molecule has 0 saturated carbocycles. The Morgan fingerprint density at radius 2 is 2.21 bits per heavy atom. The first-order valence-corrected chi connectivity index (χ1v) is 8.85. The standard InChI is InChI=1S/C18H18N2O3S/c1-10-6-7-15(23-10)18-19-11(2)16(24-18)17(21)20-13-4-3-5-14-12(13)8-9-22-14/h6-9,13H,3-5H2,1-2H3,(H,20,21). The molecule has 0 fully saturated rings. The van der Waals surface area contributed by atoms with E-state index in [4.69, 9.17) is 8.83 Å². The first-order chi connectivity index (χ1) is 11.6. The molecule has 0 spiro atoms. The lowest BCUT2D eigenvalue weighted by molar-refractivity contribution is 0.0935. The molecule has 0 saturated heterocycles. The minimum absolute atomic E-state index is 0.0100. The largest absolute Gasteiger partial charge is 0.469 e. The van der Waals surface area contributed by atoms with Gasteiger partial charge in [-0.3, -0.25) is 4.79 Å². The van der Waals surface area contributed by atoms with E-state index in [9.17, 15) is 4.79 Å². The Balaban J connectivity index is 1.57. The summed E-state index contributed by atoms with van der Waals surface area (Å²) in [5.41, 5.74) is 1.82. The van der Waals surface area contributed by atoms with Crippen molar-refractivity contribution in [2.24, 2.45) is 0 Å². The third-order valence-electron chi connectivity index (χ3n) is 4.31. The second-order valence-electron chi connectivity index (χ2n) is 6.06. The molecule has 3 heterocycles. The van der Waals surface area contributed by atoms with Crippen LogP contribution >= 0.6 is 11.3 Å². The summed E-state index contributed by atoms with van der Waals surface area (Å²) in [5.74, 6) is 2.44. The molecular formula is C18H18N2O3S. The van der Waals surface area contributed by atoms with Crippen molar-refractivity contribution in [1.82, 2.24) is 10.3 Å². The number of rotatable bonds is 3. The highest BCUT2D eigenvalue weighted by Crippen LogP contribution is 2.33. The summed E-state index contributed by atoms with van der Waals surface area (Å²) in [6, 6.07) is 5.74. The van der Waals surface area contributed by atoms with Gasteiger partial charge < -0.3 is 14.2 Å². The number of nitrogens with one attached hydrogen (secondary N) is 1. The molecule has 5 nitrogen and oxygen atoms in total. The SMILES string of the molecule is Cc1ccc(-c2nc(C)c(C(=O)NC3CCCc4occc43)s2)o1. The fourth-order valence-electron chi connectivity index (χ4n) is 3.12. The molecule has 0 bridgehead atoms. The highest BCUT2D eigenvalue weighted by atomic mass is 32.1. The van der Waals surface area contributed by atoms with Gasteiger partial charge in [0.05, 0.1) is 18.0 Å². The van der Waals surface area contributed by atoms with Gasteiger partial charge in [0, 0.05) is 12.0 Å². The van der Waals surface area contributed by atoms with E-state index in [0.29, 0.717) is 10.6 Å². The Kier molecular flexibility index (Phi) is 3.76. The van der Waals surface area contributed by atoms with Crippen molar-refractivity contribution in [3.8, 4) is 10.8 Å². The average molecular weight is 342 g/mol. The molecule has 1 amide bonds. The van der Waals surface area contributed by atoms with Crippen LogP contribution in [0.3, 0.4) is 0 Å². The monoisotopic (exact) mass is 342 g/mol. The minimum Gasteiger partial charge on any atom is -0.469 e. The van der Waals surface area contributed by atoms with Crippen LogP contribution in [0, 0.1) is 13.8 Å². The molecule has 0 radical (unpaired) electrons. The van der Waals surface area contributed by atoms with Crippen molar-refractivity contribution in [3.05, 3.63) is 52.1 Å². The number of carbonyl (C=O) groups excluding carboxylic acids is 1. The number of aryl methyl sites for hydroxylation is 3. The van der Waals surface area contributed by atoms with E-state index in [1.54, 1.807) is 6.26 Å². The van der Waals surface area contributed by atoms with Gasteiger partial charge in [-0.1, -0.05) is 0 Å². The number of amides is 1. The van der Waals surface area contributed by atoms with Gasteiger partial charge in [-0.2, -0.15) is 0 Å². The zero-order valence-electron chi connectivity index (χ0n) is 13.6. The Labute approximate surface area is 143 Å². The van der Waals surface area contributed by atoms with Gasteiger partial charge in [0.25, 0.3) is 5.91 Å². The lowest BCUT2D eigenvalue weighted by Crippen LogP contribution is -2.30. The Bertz CT molecular complexity index is 890. The van der Waals surface area contributed by atoms with Crippen molar-refractivity contribution in [2.75, 3.05) is 0 Å². The smallest absolute Gasteiger partial charge is 0.263 e. The van der Waals surface area contributed by atoms with Crippen molar-refractivity contribution in [2.45, 2.75) is 39.2 Å². The predicted molar refractivity (Wildman–Crippen MR) is 91.1 cm³/mol. The van der Waals surface area contributed by atoms with Gasteiger partial charge in [-0.25, -0.2) is 4.98 Å². The predicted octanol–water partition coefficient (Wildman–Crippen LogP) is 4.42. The number of nitrogens with zero attached hydrogens (tertiary/aromatic N) is 1. The number of carbonyl (C=O) groups is 1. The maximum Gasteiger partial charge on any atom is 0.263 e. The fourth-order valence-corrected chi connectivity index (χ4v) is 4.05. The second-order valence-corrected chi connectivity index (χ2v) is 7.06. The highest BCUT2D eigenvalue weighted by molar-refractivity contribution is 7.17. The van der Waals surface area contributed by atoms with Gasteiger partial charge in [-0.15, -0.1) is 11.3 Å². The molecule has 1 atom stereocenters. The number of hydrogen-bond donors (Lipinski definition) is 1. The average Bonchev–Trinajstić information content (AvgIpc) is 3.26. The number of hydrogen-bond acceptors (Lipinski definition) is 5. The molecule has 4 rings (SSSR count). The van der Waals surface area contributed by atoms with Crippen molar-refractivity contribution in [3.63, 3.8) is 0 Å². The summed E-state index contributed by atoms with van der Waals surface area (Å²) in [5, 5.41) is 3.86. The van der Waals surface area contributed by atoms with E-state index >= 15 is 0 Å². The van der Waals surface area contributed by atoms with Crippen LogP contribution in [0.4, 0.5) is 0 Å². The minimum atomic E-state index is -0.0846. The van der Waals surface area contributed by atoms with Crippen molar-refractivity contribution < 1.29 is 13.6 Å². The van der Waals surface area contributed by atoms with Gasteiger partial charge >= 0.3 is 0 Å². The van der Waals surface area contributed by atoms with Gasteiger partial charge in [0.15, 0.2) is 10.8 Å². The Hall–Kier alpha value is -2.34. The van der Waals surface area contributed by atoms with Crippen molar-refractivity contribution in [1.29, 1.82) is 0 Å². The van der Waals surface area contributed by atoms with Crippen LogP contribution in [0.15, 0.2) is 33.3 Å². The van der Waals surface area contributed by atoms with E-state index in [2.05, 4.69) is 10.3 Å². The van der Waals surface area contributed by atoms with Crippen LogP contribution in [0.1, 0.15) is 51.3 Å². The zero-order valence-corrected chi connectivity index (χ0v) is 14.4. The molecule has 1 aliphatic rings. The summed E-state index contributed by atoms with van der Waals surface area (Å²) < 4.78 is 11.1.